The smallest absolute Gasteiger partial charge is 0.225 e. The molecule has 0 fully saturated rings. The number of nitrogens with two attached hydrogens (primary N) is 1. The first-order valence-corrected chi connectivity index (χ1v) is 5.69. The van der Waals surface area contributed by atoms with Gasteiger partial charge < -0.3 is 15.5 Å². The van der Waals surface area contributed by atoms with Crippen molar-refractivity contribution in [3.8, 4) is 5.75 Å². The Hall–Kier alpha value is -1.97. The summed E-state index contributed by atoms with van der Waals surface area (Å²) in [5.74, 6) is 0.360. The Morgan fingerprint density at radius 2 is 2.35 bits per heavy atom. The number of methoxy groups -OCH3 is 1. The van der Waals surface area contributed by atoms with Crippen molar-refractivity contribution in [2.45, 2.75) is 18.8 Å². The summed E-state index contributed by atoms with van der Waals surface area (Å²) in [5, 5.41) is 1.01. The number of aromatic amines is 1. The summed E-state index contributed by atoms with van der Waals surface area (Å²) in [6, 6.07) is 5.84. The predicted molar refractivity (Wildman–Crippen MR) is 65.1 cm³/mol. The standard InChI is InChI=1S/C13H14N2O2/c1-17-10-4-2-3-8-12(10)11-7(13(14)16)5-6-9(11)15-8/h2-4,7,15H,5-6H2,1H3,(H2,14,16). The number of primary amides is 1. The van der Waals surface area contributed by atoms with Crippen LogP contribution >= 0.6 is 0 Å². The van der Waals surface area contributed by atoms with Crippen LogP contribution in [-0.4, -0.2) is 18.0 Å². The fourth-order valence-corrected chi connectivity index (χ4v) is 2.76. The maximum Gasteiger partial charge on any atom is 0.225 e. The highest BCUT2D eigenvalue weighted by Crippen LogP contribution is 2.41. The number of benzene rings is 1. The molecule has 1 unspecified atom stereocenters. The quantitative estimate of drug-likeness (QED) is 0.824. The number of fused-ring (bicyclic) bond motifs is 3. The lowest BCUT2D eigenvalue weighted by atomic mass is 9.99. The third-order valence-corrected chi connectivity index (χ3v) is 3.50. The van der Waals surface area contributed by atoms with Crippen LogP contribution in [0, 0.1) is 0 Å². The van der Waals surface area contributed by atoms with Gasteiger partial charge >= 0.3 is 0 Å². The van der Waals surface area contributed by atoms with Gasteiger partial charge in [0.25, 0.3) is 0 Å². The summed E-state index contributed by atoms with van der Waals surface area (Å²) >= 11 is 0. The van der Waals surface area contributed by atoms with E-state index >= 15 is 0 Å². The van der Waals surface area contributed by atoms with Crippen LogP contribution < -0.4 is 10.5 Å². The molecule has 1 aliphatic carbocycles. The van der Waals surface area contributed by atoms with Gasteiger partial charge in [-0.15, -0.1) is 0 Å². The van der Waals surface area contributed by atoms with E-state index in [1.165, 1.54) is 0 Å². The lowest BCUT2D eigenvalue weighted by molar-refractivity contribution is -0.119. The van der Waals surface area contributed by atoms with E-state index in [0.29, 0.717) is 0 Å². The minimum Gasteiger partial charge on any atom is -0.496 e. The van der Waals surface area contributed by atoms with E-state index in [9.17, 15) is 4.79 Å². The van der Waals surface area contributed by atoms with E-state index in [2.05, 4.69) is 4.98 Å². The lowest BCUT2D eigenvalue weighted by Crippen LogP contribution is -2.19. The molecule has 0 saturated heterocycles. The first kappa shape index (κ1) is 10.2. The second-order valence-electron chi connectivity index (χ2n) is 4.39. The van der Waals surface area contributed by atoms with Gasteiger partial charge in [-0.1, -0.05) is 6.07 Å². The molecule has 1 aliphatic rings. The number of rotatable bonds is 2. The second kappa shape index (κ2) is 3.52. The average molecular weight is 230 g/mol. The van der Waals surface area contributed by atoms with Crippen LogP contribution in [0.15, 0.2) is 18.2 Å². The first-order valence-electron chi connectivity index (χ1n) is 5.69. The monoisotopic (exact) mass is 230 g/mol. The number of aromatic nitrogens is 1. The van der Waals surface area contributed by atoms with Gasteiger partial charge in [0.2, 0.25) is 5.91 Å². The minimum absolute atomic E-state index is 0.185. The van der Waals surface area contributed by atoms with Crippen LogP contribution in [0.5, 0.6) is 5.75 Å². The van der Waals surface area contributed by atoms with Crippen molar-refractivity contribution in [3.05, 3.63) is 29.5 Å². The van der Waals surface area contributed by atoms with Crippen molar-refractivity contribution >= 4 is 16.8 Å². The second-order valence-corrected chi connectivity index (χ2v) is 4.39. The van der Waals surface area contributed by atoms with Crippen LogP contribution in [0.4, 0.5) is 0 Å². The highest BCUT2D eigenvalue weighted by molar-refractivity contribution is 5.97. The molecule has 1 amide bonds. The third kappa shape index (κ3) is 1.33. The zero-order valence-corrected chi connectivity index (χ0v) is 9.62. The number of ether oxygens (including phenoxy) is 1. The molecule has 3 N–H and O–H groups in total. The van der Waals surface area contributed by atoms with Gasteiger partial charge in [-0.05, 0) is 30.5 Å². The Morgan fingerprint density at radius 3 is 3.06 bits per heavy atom. The van der Waals surface area contributed by atoms with E-state index in [-0.39, 0.29) is 11.8 Å². The molecule has 0 spiro atoms. The third-order valence-electron chi connectivity index (χ3n) is 3.50. The van der Waals surface area contributed by atoms with Gasteiger partial charge in [-0.3, -0.25) is 4.79 Å². The van der Waals surface area contributed by atoms with E-state index in [1.807, 2.05) is 18.2 Å². The van der Waals surface area contributed by atoms with Gasteiger partial charge in [0, 0.05) is 16.6 Å². The largest absolute Gasteiger partial charge is 0.496 e. The molecule has 1 heterocycles. The van der Waals surface area contributed by atoms with Gasteiger partial charge in [-0.25, -0.2) is 0 Å². The first-order chi connectivity index (χ1) is 8.22. The molecule has 0 radical (unpaired) electrons. The van der Waals surface area contributed by atoms with E-state index in [0.717, 1.165) is 40.8 Å². The van der Waals surface area contributed by atoms with E-state index in [4.69, 9.17) is 10.5 Å². The summed E-state index contributed by atoms with van der Waals surface area (Å²) in [6.07, 6.45) is 1.67. The zero-order chi connectivity index (χ0) is 12.0. The van der Waals surface area contributed by atoms with Gasteiger partial charge in [-0.2, -0.15) is 0 Å². The molecule has 4 heteroatoms. The Kier molecular flexibility index (Phi) is 2.11. The number of carbonyl (C=O) groups excluding carboxylic acids is 1. The van der Waals surface area contributed by atoms with Crippen LogP contribution in [0.25, 0.3) is 10.9 Å². The molecule has 0 aliphatic heterocycles. The van der Waals surface area contributed by atoms with Gasteiger partial charge in [0.15, 0.2) is 0 Å². The summed E-state index contributed by atoms with van der Waals surface area (Å²) in [5.41, 5.74) is 8.63. The Bertz CT molecular complexity index is 601. The van der Waals surface area contributed by atoms with Crippen molar-refractivity contribution in [2.75, 3.05) is 7.11 Å². The van der Waals surface area contributed by atoms with Crippen LogP contribution in [0.2, 0.25) is 0 Å². The van der Waals surface area contributed by atoms with Crippen molar-refractivity contribution in [1.29, 1.82) is 0 Å². The fraction of sp³-hybridized carbons (Fsp3) is 0.308. The van der Waals surface area contributed by atoms with Crippen molar-refractivity contribution in [1.82, 2.24) is 4.98 Å². The number of H-pyrrole nitrogens is 1. The molecule has 3 rings (SSSR count). The SMILES string of the molecule is COc1cccc2[nH]c3c(c12)C(C(N)=O)CC3. The molecule has 1 aromatic heterocycles. The molecular weight excluding hydrogens is 216 g/mol. The molecule has 0 bridgehead atoms. The maximum absolute atomic E-state index is 11.5. The molecular formula is C13H14N2O2. The summed E-state index contributed by atoms with van der Waals surface area (Å²) in [6.45, 7) is 0. The van der Waals surface area contributed by atoms with Crippen LogP contribution in [0.1, 0.15) is 23.6 Å². The van der Waals surface area contributed by atoms with E-state index < -0.39 is 0 Å². The fourth-order valence-electron chi connectivity index (χ4n) is 2.76. The highest BCUT2D eigenvalue weighted by atomic mass is 16.5. The van der Waals surface area contributed by atoms with Gasteiger partial charge in [0.05, 0.1) is 13.0 Å². The molecule has 1 atom stereocenters. The number of aryl methyl sites for hydroxylation is 1. The Morgan fingerprint density at radius 1 is 1.53 bits per heavy atom. The Labute approximate surface area is 98.8 Å². The molecule has 17 heavy (non-hydrogen) atoms. The summed E-state index contributed by atoms with van der Waals surface area (Å²) in [7, 11) is 1.64. The average Bonchev–Trinajstić information content (AvgIpc) is 2.85. The highest BCUT2D eigenvalue weighted by Gasteiger charge is 2.31. The number of amides is 1. The lowest BCUT2D eigenvalue weighted by Gasteiger charge is -2.08. The topological polar surface area (TPSA) is 68.1 Å². The normalized spacial score (nSPS) is 18.3. The van der Waals surface area contributed by atoms with Gasteiger partial charge in [0.1, 0.15) is 5.75 Å². The summed E-state index contributed by atoms with van der Waals surface area (Å²) < 4.78 is 5.37. The molecule has 0 saturated carbocycles. The van der Waals surface area contributed by atoms with E-state index in [1.54, 1.807) is 7.11 Å². The predicted octanol–water partition coefficient (Wildman–Crippen LogP) is 1.69. The number of nitrogens with one attached hydrogen (secondary N) is 1. The maximum atomic E-state index is 11.5. The van der Waals surface area contributed by atoms with Crippen LogP contribution in [-0.2, 0) is 11.2 Å². The number of hydrogen-bond donors (Lipinski definition) is 2. The van der Waals surface area contributed by atoms with Crippen molar-refractivity contribution in [2.24, 2.45) is 5.73 Å². The molecule has 4 nitrogen and oxygen atoms in total. The number of hydrogen-bond acceptors (Lipinski definition) is 2. The molecule has 88 valence electrons. The summed E-state index contributed by atoms with van der Waals surface area (Å²) in [4.78, 5) is 14.8. The van der Waals surface area contributed by atoms with Crippen molar-refractivity contribution in [3.63, 3.8) is 0 Å². The van der Waals surface area contributed by atoms with Crippen LogP contribution in [0.3, 0.4) is 0 Å². The Balaban J connectivity index is 2.32. The minimum atomic E-state index is -0.254. The number of carbonyl (C=O) groups is 1. The van der Waals surface area contributed by atoms with Crippen molar-refractivity contribution < 1.29 is 9.53 Å². The molecule has 2 aromatic rings. The zero-order valence-electron chi connectivity index (χ0n) is 9.62. The molecule has 1 aromatic carbocycles.